The van der Waals surface area contributed by atoms with Gasteiger partial charge in [0.1, 0.15) is 17.2 Å². The molecule has 0 saturated heterocycles. The molecule has 0 aliphatic heterocycles. The lowest BCUT2D eigenvalue weighted by Crippen LogP contribution is -2.28. The van der Waals surface area contributed by atoms with Crippen LogP contribution in [0, 0.1) is 0 Å². The van der Waals surface area contributed by atoms with Gasteiger partial charge in [-0.05, 0) is 18.2 Å². The van der Waals surface area contributed by atoms with E-state index in [4.69, 9.17) is 16.2 Å². The summed E-state index contributed by atoms with van der Waals surface area (Å²) in [6, 6.07) is 5.42. The lowest BCUT2D eigenvalue weighted by Gasteiger charge is -2.04. The van der Waals surface area contributed by atoms with Crippen LogP contribution in [0.3, 0.4) is 0 Å². The minimum atomic E-state index is -0.877. The number of carbonyl (C=O) groups is 2. The van der Waals surface area contributed by atoms with Crippen molar-refractivity contribution in [1.82, 2.24) is 5.32 Å². The zero-order valence-corrected chi connectivity index (χ0v) is 12.2. The van der Waals surface area contributed by atoms with E-state index in [0.29, 0.717) is 16.3 Å². The fraction of sp³-hybridized carbons (Fsp3) is 0.231. The molecule has 2 rings (SSSR count). The molecule has 0 spiro atoms. The summed E-state index contributed by atoms with van der Waals surface area (Å²) in [6.07, 6.45) is -0.877. The predicted molar refractivity (Wildman–Crippen MR) is 80.7 cm³/mol. The molecule has 2 aromatic rings. The summed E-state index contributed by atoms with van der Waals surface area (Å²) in [5.41, 5.74) is 11.2. The Balaban J connectivity index is 2.12. The molecule has 0 radical (unpaired) electrons. The number of ether oxygens (including phenoxy) is 2. The molecular weight excluding hydrogens is 294 g/mol. The van der Waals surface area contributed by atoms with E-state index in [1.54, 1.807) is 13.2 Å². The number of hydrogen-bond donors (Lipinski definition) is 3. The van der Waals surface area contributed by atoms with Gasteiger partial charge < -0.3 is 26.3 Å². The maximum Gasteiger partial charge on any atom is 0.404 e. The zero-order valence-electron chi connectivity index (χ0n) is 11.3. The van der Waals surface area contributed by atoms with Crippen LogP contribution in [-0.2, 0) is 4.74 Å². The number of nitrogens with one attached hydrogen (secondary N) is 1. The van der Waals surface area contributed by atoms with E-state index >= 15 is 0 Å². The number of fused-ring (bicyclic) bond motifs is 1. The Morgan fingerprint density at radius 2 is 2.14 bits per heavy atom. The molecule has 0 bridgehead atoms. The number of primary amides is 1. The van der Waals surface area contributed by atoms with Gasteiger partial charge in [-0.1, -0.05) is 0 Å². The smallest absolute Gasteiger partial charge is 0.404 e. The highest BCUT2D eigenvalue weighted by Crippen LogP contribution is 2.35. The summed E-state index contributed by atoms with van der Waals surface area (Å²) in [5, 5.41) is 3.42. The van der Waals surface area contributed by atoms with Gasteiger partial charge >= 0.3 is 6.09 Å². The van der Waals surface area contributed by atoms with Gasteiger partial charge in [-0.2, -0.15) is 0 Å². The van der Waals surface area contributed by atoms with E-state index in [9.17, 15) is 9.59 Å². The molecule has 0 saturated carbocycles. The molecule has 1 aromatic carbocycles. The van der Waals surface area contributed by atoms with Crippen molar-refractivity contribution in [2.24, 2.45) is 5.73 Å². The van der Waals surface area contributed by atoms with Gasteiger partial charge in [0.25, 0.3) is 5.91 Å². The number of nitrogens with two attached hydrogens (primary N) is 2. The Labute approximate surface area is 124 Å². The highest BCUT2D eigenvalue weighted by atomic mass is 32.1. The molecule has 0 aliphatic rings. The first kappa shape index (κ1) is 14.9. The van der Waals surface area contributed by atoms with Crippen molar-refractivity contribution in [2.75, 3.05) is 26.0 Å². The quantitative estimate of drug-likeness (QED) is 0.720. The number of carbonyl (C=O) groups excluding carboxylic acids is 2. The molecule has 0 unspecified atom stereocenters. The van der Waals surface area contributed by atoms with Crippen LogP contribution in [0.25, 0.3) is 10.1 Å². The van der Waals surface area contributed by atoms with Crippen LogP contribution in [-0.4, -0.2) is 32.3 Å². The fourth-order valence-electron chi connectivity index (χ4n) is 1.79. The van der Waals surface area contributed by atoms with E-state index < -0.39 is 6.09 Å². The van der Waals surface area contributed by atoms with Gasteiger partial charge in [0.2, 0.25) is 0 Å². The molecular formula is C13H15N3O4S. The number of hydrogen-bond acceptors (Lipinski definition) is 6. The van der Waals surface area contributed by atoms with Crippen molar-refractivity contribution < 1.29 is 19.1 Å². The highest BCUT2D eigenvalue weighted by molar-refractivity contribution is 7.21. The fourth-order valence-corrected chi connectivity index (χ4v) is 2.86. The average molecular weight is 309 g/mol. The first-order chi connectivity index (χ1) is 10.0. The molecule has 8 heteroatoms. The topological polar surface area (TPSA) is 117 Å². The number of methoxy groups -OCH3 is 1. The van der Waals surface area contributed by atoms with Gasteiger partial charge in [0.15, 0.2) is 0 Å². The van der Waals surface area contributed by atoms with E-state index in [1.807, 2.05) is 12.1 Å². The normalized spacial score (nSPS) is 10.3. The van der Waals surface area contributed by atoms with Crippen LogP contribution in [0.2, 0.25) is 0 Å². The van der Waals surface area contributed by atoms with Crippen LogP contribution < -0.4 is 21.5 Å². The van der Waals surface area contributed by atoms with Crippen LogP contribution in [0.1, 0.15) is 9.67 Å². The van der Waals surface area contributed by atoms with E-state index in [1.165, 1.54) is 11.3 Å². The first-order valence-electron chi connectivity index (χ1n) is 6.09. The maximum absolute atomic E-state index is 12.1. The van der Waals surface area contributed by atoms with Crippen molar-refractivity contribution in [3.05, 3.63) is 23.1 Å². The Hall–Kier alpha value is -2.48. The maximum atomic E-state index is 12.1. The monoisotopic (exact) mass is 309 g/mol. The summed E-state index contributed by atoms with van der Waals surface area (Å²) < 4.78 is 10.5. The second-order valence-electron chi connectivity index (χ2n) is 4.13. The van der Waals surface area contributed by atoms with Gasteiger partial charge in [-0.3, -0.25) is 4.79 Å². The van der Waals surface area contributed by atoms with Gasteiger partial charge in [-0.15, -0.1) is 11.3 Å². The molecule has 1 aromatic heterocycles. The summed E-state index contributed by atoms with van der Waals surface area (Å²) in [4.78, 5) is 22.9. The Morgan fingerprint density at radius 3 is 2.81 bits per heavy atom. The van der Waals surface area contributed by atoms with Gasteiger partial charge in [0.05, 0.1) is 19.3 Å². The summed E-state index contributed by atoms with van der Waals surface area (Å²) in [5.74, 6) is 0.381. The lowest BCUT2D eigenvalue weighted by molar-refractivity contribution is 0.0941. The zero-order chi connectivity index (χ0) is 15.4. The van der Waals surface area contributed by atoms with Crippen molar-refractivity contribution in [1.29, 1.82) is 0 Å². The van der Waals surface area contributed by atoms with E-state index in [2.05, 4.69) is 10.1 Å². The number of thiophene rings is 1. The highest BCUT2D eigenvalue weighted by Gasteiger charge is 2.16. The van der Waals surface area contributed by atoms with Gasteiger partial charge in [0, 0.05) is 10.1 Å². The van der Waals surface area contributed by atoms with E-state index in [0.717, 1.165) is 10.1 Å². The minimum Gasteiger partial charge on any atom is -0.497 e. The molecule has 112 valence electrons. The van der Waals surface area contributed by atoms with Crippen molar-refractivity contribution in [3.8, 4) is 5.75 Å². The summed E-state index contributed by atoms with van der Waals surface area (Å²) >= 11 is 1.28. The molecule has 0 atom stereocenters. The number of nitrogen functional groups attached to an aromatic ring is 1. The second kappa shape index (κ2) is 6.31. The molecule has 0 aliphatic carbocycles. The lowest BCUT2D eigenvalue weighted by atomic mass is 10.2. The minimum absolute atomic E-state index is 0.0136. The van der Waals surface area contributed by atoms with Crippen LogP contribution in [0.5, 0.6) is 5.75 Å². The predicted octanol–water partition coefficient (Wildman–Crippen LogP) is 1.32. The third-order valence-electron chi connectivity index (χ3n) is 2.77. The van der Waals surface area contributed by atoms with E-state index in [-0.39, 0.29) is 19.1 Å². The molecule has 7 nitrogen and oxygen atoms in total. The molecule has 21 heavy (non-hydrogen) atoms. The Kier molecular flexibility index (Phi) is 4.49. The van der Waals surface area contributed by atoms with Crippen molar-refractivity contribution in [3.63, 3.8) is 0 Å². The molecule has 5 N–H and O–H groups in total. The molecule has 2 amide bonds. The SMILES string of the molecule is COc1ccc2c(N)c(C(=O)NCCOC(N)=O)sc2c1. The number of rotatable bonds is 5. The number of anilines is 1. The average Bonchev–Trinajstić information content (AvgIpc) is 2.79. The third-order valence-corrected chi connectivity index (χ3v) is 3.94. The Bertz CT molecular complexity index is 683. The largest absolute Gasteiger partial charge is 0.497 e. The van der Waals surface area contributed by atoms with Crippen molar-refractivity contribution in [2.45, 2.75) is 0 Å². The number of benzene rings is 1. The first-order valence-corrected chi connectivity index (χ1v) is 6.91. The Morgan fingerprint density at radius 1 is 1.38 bits per heavy atom. The summed E-state index contributed by atoms with van der Waals surface area (Å²) in [6.45, 7) is 0.179. The van der Waals surface area contributed by atoms with Crippen LogP contribution >= 0.6 is 11.3 Å². The third kappa shape index (κ3) is 3.34. The summed E-state index contributed by atoms with van der Waals surface area (Å²) in [7, 11) is 1.57. The van der Waals surface area contributed by atoms with Crippen LogP contribution in [0.15, 0.2) is 18.2 Å². The second-order valence-corrected chi connectivity index (χ2v) is 5.18. The van der Waals surface area contributed by atoms with Crippen molar-refractivity contribution >= 4 is 39.1 Å². The number of amides is 2. The standard InChI is InChI=1S/C13H15N3O4S/c1-19-7-2-3-8-9(6-7)21-11(10(8)14)12(17)16-4-5-20-13(15)18/h2-3,6H,4-5,14H2,1H3,(H2,15,18)(H,16,17). The van der Waals surface area contributed by atoms with Gasteiger partial charge in [-0.25, -0.2) is 4.79 Å². The van der Waals surface area contributed by atoms with Crippen LogP contribution in [0.4, 0.5) is 10.5 Å². The molecule has 1 heterocycles. The molecule has 0 fully saturated rings.